The van der Waals surface area contributed by atoms with E-state index in [4.69, 9.17) is 66.7 Å². The Morgan fingerprint density at radius 3 is 1.40 bits per heavy atom. The zero-order chi connectivity index (χ0) is 39.1. The summed E-state index contributed by atoms with van der Waals surface area (Å²) in [7, 11) is 0. The van der Waals surface area contributed by atoms with Gasteiger partial charge in [0.2, 0.25) is 23.7 Å². The van der Waals surface area contributed by atoms with Crippen LogP contribution < -0.4 is 30.7 Å². The van der Waals surface area contributed by atoms with Crippen molar-refractivity contribution in [3.05, 3.63) is 127 Å². The van der Waals surface area contributed by atoms with Crippen molar-refractivity contribution in [3.63, 3.8) is 0 Å². The fourth-order valence-corrected chi connectivity index (χ4v) is 5.33. The molecule has 4 aromatic rings. The molecule has 6 N–H and O–H groups in total. The molecule has 276 valence electrons. The number of hydrogen-bond donors (Lipinski definition) is 6. The van der Waals surface area contributed by atoms with E-state index in [9.17, 15) is 24.0 Å². The van der Waals surface area contributed by atoms with Crippen molar-refractivity contribution in [3.8, 4) is 11.5 Å². The van der Waals surface area contributed by atoms with Crippen LogP contribution in [0.25, 0.3) is 0 Å². The molecule has 0 bridgehead atoms. The maximum atomic E-state index is 12.0. The van der Waals surface area contributed by atoms with Gasteiger partial charge in [-0.3, -0.25) is 46.5 Å². The number of ketones is 1. The van der Waals surface area contributed by atoms with Crippen LogP contribution >= 0.6 is 46.4 Å². The number of nitrogens with one attached hydrogen (secondary N) is 6. The van der Waals surface area contributed by atoms with E-state index in [-0.39, 0.29) is 24.4 Å². The Bertz CT molecular complexity index is 1990. The number of hydrogen-bond acceptors (Lipinski definition) is 9. The molecule has 0 saturated heterocycles. The monoisotopic (exact) mass is 800 g/mol. The minimum absolute atomic E-state index is 0.0219. The second kappa shape index (κ2) is 20.5. The third-order valence-electron chi connectivity index (χ3n) is 6.57. The molecule has 4 aromatic carbocycles. The average Bonchev–Trinajstić information content (AvgIpc) is 3.05. The van der Waals surface area contributed by atoms with Crippen LogP contribution in [0.15, 0.2) is 84.9 Å². The number of benzene rings is 4. The van der Waals surface area contributed by atoms with Crippen LogP contribution in [-0.2, 0) is 33.6 Å². The first-order chi connectivity index (χ1) is 25.1. The standard InChI is InChI=1S/C19H17Cl2N3O4.C17H15Cl2N3O3/c1-11(25)9-12-5-7-13(8-6-12)28-19(27)24-18(22)23-17(26)10-14-15(20)3-2-4-16(14)21;1-10-4-2-5-11(8-10)25-17(24)22-16(20)21-15(23)9-12-13(18)6-3-7-14(12)19/h2-8H,9-10H2,1H3,(H3,22,23,24,26,27);2-8H,9H2,1H3,(H3,20,21,22,23,24). The molecule has 0 aliphatic heterocycles. The van der Waals surface area contributed by atoms with E-state index < -0.39 is 35.9 Å². The molecule has 13 nitrogen and oxygen atoms in total. The highest BCUT2D eigenvalue weighted by Crippen LogP contribution is 2.25. The molecule has 4 rings (SSSR count). The van der Waals surface area contributed by atoms with Gasteiger partial charge in [0, 0.05) is 26.5 Å². The van der Waals surface area contributed by atoms with Gasteiger partial charge in [-0.15, -0.1) is 0 Å². The molecule has 17 heteroatoms. The van der Waals surface area contributed by atoms with Crippen molar-refractivity contribution in [2.75, 3.05) is 0 Å². The molecule has 0 saturated carbocycles. The fourth-order valence-electron chi connectivity index (χ4n) is 4.26. The lowest BCUT2D eigenvalue weighted by molar-refractivity contribution is -0.120. The van der Waals surface area contributed by atoms with Crippen molar-refractivity contribution in [1.29, 1.82) is 10.8 Å². The number of guanidine groups is 2. The van der Waals surface area contributed by atoms with Gasteiger partial charge in [0.25, 0.3) is 0 Å². The van der Waals surface area contributed by atoms with Crippen molar-refractivity contribution in [2.45, 2.75) is 33.1 Å². The highest BCUT2D eigenvalue weighted by atomic mass is 35.5. The van der Waals surface area contributed by atoms with Crippen LogP contribution in [0.3, 0.4) is 0 Å². The number of aryl methyl sites for hydroxylation is 1. The van der Waals surface area contributed by atoms with Crippen LogP contribution in [-0.4, -0.2) is 41.7 Å². The zero-order valence-electron chi connectivity index (χ0n) is 28.1. The van der Waals surface area contributed by atoms with Gasteiger partial charge in [0.15, 0.2) is 0 Å². The van der Waals surface area contributed by atoms with E-state index in [1.807, 2.05) is 13.0 Å². The summed E-state index contributed by atoms with van der Waals surface area (Å²) >= 11 is 24.0. The number of carbonyl (C=O) groups excluding carboxylic acids is 5. The zero-order valence-corrected chi connectivity index (χ0v) is 31.1. The number of halogens is 4. The van der Waals surface area contributed by atoms with Crippen LogP contribution in [0.2, 0.25) is 20.1 Å². The molecule has 0 atom stereocenters. The third kappa shape index (κ3) is 15.0. The first-order valence-corrected chi connectivity index (χ1v) is 16.9. The molecule has 0 aromatic heterocycles. The first kappa shape index (κ1) is 41.9. The van der Waals surface area contributed by atoms with Crippen LogP contribution in [0.4, 0.5) is 9.59 Å². The summed E-state index contributed by atoms with van der Waals surface area (Å²) < 4.78 is 10.0. The number of ether oxygens (including phenoxy) is 2. The average molecular weight is 802 g/mol. The Balaban J connectivity index is 0.000000287. The van der Waals surface area contributed by atoms with Crippen molar-refractivity contribution < 1.29 is 33.4 Å². The van der Waals surface area contributed by atoms with E-state index in [1.165, 1.54) is 19.1 Å². The Labute approximate surface area is 324 Å². The third-order valence-corrected chi connectivity index (χ3v) is 7.98. The van der Waals surface area contributed by atoms with E-state index in [1.54, 1.807) is 66.7 Å². The maximum Gasteiger partial charge on any atom is 0.419 e. The van der Waals surface area contributed by atoms with E-state index in [0.29, 0.717) is 43.4 Å². The second-order valence-electron chi connectivity index (χ2n) is 11.0. The molecule has 0 heterocycles. The van der Waals surface area contributed by atoms with E-state index >= 15 is 0 Å². The number of amides is 4. The van der Waals surface area contributed by atoms with Crippen LogP contribution in [0, 0.1) is 17.7 Å². The highest BCUT2D eigenvalue weighted by molar-refractivity contribution is 6.37. The van der Waals surface area contributed by atoms with Gasteiger partial charge in [0.05, 0.1) is 12.8 Å². The molecular weight excluding hydrogens is 770 g/mol. The molecule has 0 unspecified atom stereocenters. The Morgan fingerprint density at radius 2 is 0.981 bits per heavy atom. The predicted octanol–water partition coefficient (Wildman–Crippen LogP) is 7.19. The van der Waals surface area contributed by atoms with Gasteiger partial charge in [-0.25, -0.2) is 9.59 Å². The highest BCUT2D eigenvalue weighted by Gasteiger charge is 2.16. The largest absolute Gasteiger partial charge is 0.419 e. The molecule has 4 amide bonds. The number of Topliss-reactive ketones (excluding diaryl/α,β-unsaturated/α-hetero) is 1. The summed E-state index contributed by atoms with van der Waals surface area (Å²) in [6.45, 7) is 3.34. The van der Waals surface area contributed by atoms with E-state index in [2.05, 4.69) is 21.3 Å². The quantitative estimate of drug-likeness (QED) is 0.0800. The minimum atomic E-state index is -0.944. The van der Waals surface area contributed by atoms with Crippen molar-refractivity contribution in [1.82, 2.24) is 21.3 Å². The smallest absolute Gasteiger partial charge is 0.410 e. The number of carbonyl (C=O) groups is 5. The topological polar surface area (TPSA) is 200 Å². The summed E-state index contributed by atoms with van der Waals surface area (Å²) in [4.78, 5) is 58.6. The van der Waals surface area contributed by atoms with Gasteiger partial charge < -0.3 is 9.47 Å². The van der Waals surface area contributed by atoms with Crippen LogP contribution in [0.5, 0.6) is 11.5 Å². The van der Waals surface area contributed by atoms with Crippen LogP contribution in [0.1, 0.15) is 29.2 Å². The predicted molar refractivity (Wildman–Crippen MR) is 202 cm³/mol. The summed E-state index contributed by atoms with van der Waals surface area (Å²) in [6, 6.07) is 23.0. The Kier molecular flexibility index (Phi) is 16.3. The van der Waals surface area contributed by atoms with Gasteiger partial charge in [0.1, 0.15) is 17.3 Å². The normalized spacial score (nSPS) is 10.1. The molecule has 0 radical (unpaired) electrons. The minimum Gasteiger partial charge on any atom is -0.410 e. The fraction of sp³-hybridized carbons (Fsp3) is 0.139. The van der Waals surface area contributed by atoms with Crippen molar-refractivity contribution >= 4 is 88.1 Å². The first-order valence-electron chi connectivity index (χ1n) is 15.3. The van der Waals surface area contributed by atoms with E-state index in [0.717, 1.165) is 11.1 Å². The molecule has 0 fully saturated rings. The van der Waals surface area contributed by atoms with Crippen molar-refractivity contribution in [2.24, 2.45) is 0 Å². The lowest BCUT2D eigenvalue weighted by Crippen LogP contribution is -2.44. The van der Waals surface area contributed by atoms with Gasteiger partial charge in [-0.05, 0) is 84.6 Å². The second-order valence-corrected chi connectivity index (χ2v) is 12.6. The summed E-state index contributed by atoms with van der Waals surface area (Å²) in [5, 5.41) is 25.3. The molecular formula is C36H32Cl4N6O7. The van der Waals surface area contributed by atoms with Gasteiger partial charge in [-0.1, -0.05) is 82.8 Å². The number of rotatable bonds is 8. The summed E-state index contributed by atoms with van der Waals surface area (Å²) in [6.07, 6.45) is -1.82. The molecule has 53 heavy (non-hydrogen) atoms. The van der Waals surface area contributed by atoms with Gasteiger partial charge in [-0.2, -0.15) is 0 Å². The molecule has 0 aliphatic rings. The maximum absolute atomic E-state index is 12.0. The molecule has 0 aliphatic carbocycles. The summed E-state index contributed by atoms with van der Waals surface area (Å²) in [5.74, 6) is -1.60. The van der Waals surface area contributed by atoms with Gasteiger partial charge >= 0.3 is 12.2 Å². The lowest BCUT2D eigenvalue weighted by Gasteiger charge is -2.10. The SMILES string of the molecule is CC(=O)Cc1ccc(OC(=O)NC(=N)NC(=O)Cc2c(Cl)cccc2Cl)cc1.Cc1cccc(OC(=O)NC(=N)NC(=O)Cc2c(Cl)cccc2Cl)c1. The Hall–Kier alpha value is -5.47. The lowest BCUT2D eigenvalue weighted by atomic mass is 10.1. The summed E-state index contributed by atoms with van der Waals surface area (Å²) in [5.41, 5.74) is 2.58. The Morgan fingerprint density at radius 1 is 0.566 bits per heavy atom. The molecule has 0 spiro atoms.